The van der Waals surface area contributed by atoms with Gasteiger partial charge in [0.15, 0.2) is 0 Å². The molecule has 0 aromatic carbocycles. The first-order valence-electron chi connectivity index (χ1n) is 8.61. The summed E-state index contributed by atoms with van der Waals surface area (Å²) in [5.41, 5.74) is 0. The first kappa shape index (κ1) is 35.5. The van der Waals surface area contributed by atoms with E-state index >= 15 is 0 Å². The molecule has 0 bridgehead atoms. The summed E-state index contributed by atoms with van der Waals surface area (Å²) in [6, 6.07) is 0. The van der Waals surface area contributed by atoms with Crippen molar-refractivity contribution in [3.05, 3.63) is 0 Å². The van der Waals surface area contributed by atoms with Crippen LogP contribution < -0.4 is 0 Å². The molecule has 0 aliphatic heterocycles. The fraction of sp³-hybridized carbons (Fsp3) is 1.00. The average Bonchev–Trinajstić information content (AvgIpc) is 2.63. The Morgan fingerprint density at radius 2 is 0.875 bits per heavy atom. The Labute approximate surface area is 163 Å². The summed E-state index contributed by atoms with van der Waals surface area (Å²) in [4.78, 5) is 7.56. The van der Waals surface area contributed by atoms with Crippen LogP contribution >= 0.6 is 0 Å². The summed E-state index contributed by atoms with van der Waals surface area (Å²) in [7, 11) is 0. The number of hydrogen-bond donors (Lipinski definition) is 4. The summed E-state index contributed by atoms with van der Waals surface area (Å²) in [6.07, 6.45) is 8.10. The van der Waals surface area contributed by atoms with Crippen molar-refractivity contribution in [3.8, 4) is 0 Å². The second kappa shape index (κ2) is 56.6. The van der Waals surface area contributed by atoms with Crippen molar-refractivity contribution in [1.29, 1.82) is 0 Å². The van der Waals surface area contributed by atoms with Crippen LogP contribution in [0.25, 0.3) is 0 Å². The molecule has 4 N–H and O–H groups in total. The molecule has 0 saturated heterocycles. The van der Waals surface area contributed by atoms with Crippen LogP contribution in [0.4, 0.5) is 0 Å². The van der Waals surface area contributed by atoms with Crippen molar-refractivity contribution in [1.82, 2.24) is 0 Å². The van der Waals surface area contributed by atoms with Crippen LogP contribution in [-0.4, -0.2) is 47.2 Å². The molecule has 0 aromatic rings. The van der Waals surface area contributed by atoms with Crippen LogP contribution in [0.1, 0.15) is 79.1 Å². The molecule has 0 unspecified atom stereocenters. The number of aliphatic hydroxyl groups excluding tert-OH is 2. The normalized spacial score (nSPS) is 8.12. The van der Waals surface area contributed by atoms with Gasteiger partial charge in [-0.05, 0) is 25.7 Å². The van der Waals surface area contributed by atoms with E-state index in [4.69, 9.17) is 23.5 Å². The van der Waals surface area contributed by atoms with E-state index in [9.17, 15) is 0 Å². The molecule has 0 amide bonds. The summed E-state index contributed by atoms with van der Waals surface area (Å²) in [5, 5.41) is 31.5. The van der Waals surface area contributed by atoms with Crippen LogP contribution in [0.2, 0.25) is 0 Å². The van der Waals surface area contributed by atoms with Crippen molar-refractivity contribution >= 4 is 0 Å². The molecule has 150 valence electrons. The van der Waals surface area contributed by atoms with E-state index in [1.165, 1.54) is 0 Å². The van der Waals surface area contributed by atoms with E-state index in [1.807, 2.05) is 13.8 Å². The fourth-order valence-corrected chi connectivity index (χ4v) is 0.734. The molecular weight excluding hydrogens is 395 g/mol. The second-order valence-corrected chi connectivity index (χ2v) is 4.53. The van der Waals surface area contributed by atoms with Gasteiger partial charge in [-0.1, -0.05) is 53.4 Å². The van der Waals surface area contributed by atoms with Crippen molar-refractivity contribution in [2.75, 3.05) is 26.4 Å². The van der Waals surface area contributed by atoms with Gasteiger partial charge in [0.05, 0.1) is 13.2 Å². The van der Waals surface area contributed by atoms with Crippen LogP contribution in [0, 0.1) is 0 Å². The van der Waals surface area contributed by atoms with Crippen LogP contribution in [0.3, 0.4) is 0 Å². The zero-order valence-corrected chi connectivity index (χ0v) is 18.5. The van der Waals surface area contributed by atoms with Gasteiger partial charge in [-0.15, -0.1) is 0 Å². The van der Waals surface area contributed by atoms with Gasteiger partial charge in [-0.3, -0.25) is 10.5 Å². The first-order valence-corrected chi connectivity index (χ1v) is 9.61. The monoisotopic (exact) mass is 434 g/mol. The summed E-state index contributed by atoms with van der Waals surface area (Å²) < 4.78 is 8.34. The van der Waals surface area contributed by atoms with Gasteiger partial charge >= 0.3 is 27.5 Å². The van der Waals surface area contributed by atoms with Crippen LogP contribution in [0.5, 0.6) is 0 Å². The Kier molecular flexibility index (Phi) is 83.8. The van der Waals surface area contributed by atoms with Gasteiger partial charge in [0.1, 0.15) is 0 Å². The zero-order chi connectivity index (χ0) is 19.9. The predicted molar refractivity (Wildman–Crippen MR) is 91.7 cm³/mol. The number of aliphatic hydroxyl groups is 2. The van der Waals surface area contributed by atoms with Crippen molar-refractivity contribution in [2.45, 2.75) is 79.1 Å². The van der Waals surface area contributed by atoms with Gasteiger partial charge in [0.2, 0.25) is 0 Å². The van der Waals surface area contributed by atoms with Crippen LogP contribution in [0.15, 0.2) is 0 Å². The number of rotatable bonds is 10. The fourth-order valence-electron chi connectivity index (χ4n) is 0.734. The minimum absolute atomic E-state index is 0.300. The molecule has 24 heavy (non-hydrogen) atoms. The molecule has 0 saturated carbocycles. The Morgan fingerprint density at radius 3 is 0.917 bits per heavy atom. The van der Waals surface area contributed by atoms with E-state index in [1.54, 1.807) is 0 Å². The van der Waals surface area contributed by atoms with Gasteiger partial charge in [-0.25, -0.2) is 9.78 Å². The van der Waals surface area contributed by atoms with E-state index in [-0.39, 0.29) is 0 Å². The standard InChI is InChI=1S/2C4H10O2.2C4H10O.O.Zr/c2*1-2-3-4-6-5;2*1-2-3-4-5;;/h2*5H,2-4H2,1H3;2*5H,2-4H2,1H3;;. The second-order valence-electron chi connectivity index (χ2n) is 4.53. The zero-order valence-electron chi connectivity index (χ0n) is 16.0. The van der Waals surface area contributed by atoms with Crippen molar-refractivity contribution < 1.29 is 58.0 Å². The van der Waals surface area contributed by atoms with Gasteiger partial charge in [0, 0.05) is 13.2 Å². The van der Waals surface area contributed by atoms with Crippen LogP contribution in [-0.2, 0) is 37.3 Å². The third kappa shape index (κ3) is 94.6. The Hall–Kier alpha value is 0.443. The molecule has 0 spiro atoms. The Morgan fingerprint density at radius 1 is 0.625 bits per heavy atom. The molecule has 0 rings (SSSR count). The molecule has 7 nitrogen and oxygen atoms in total. The van der Waals surface area contributed by atoms with Gasteiger partial charge in [0.25, 0.3) is 0 Å². The van der Waals surface area contributed by atoms with Gasteiger partial charge in [-0.2, -0.15) is 0 Å². The first-order chi connectivity index (χ1) is 11.7. The maximum absolute atomic E-state index is 8.34. The topological polar surface area (TPSA) is 116 Å². The summed E-state index contributed by atoms with van der Waals surface area (Å²) in [6.45, 7) is 9.81. The van der Waals surface area contributed by atoms with E-state index in [2.05, 4.69) is 23.6 Å². The molecule has 0 fully saturated rings. The molecule has 0 aliphatic rings. The molecular formula is C16H40O7Zr. The SMILES string of the molecule is CCCCO.CCCCO.CCCCOO.CCCCOO.[O]=[Zr]. The molecule has 0 aliphatic carbocycles. The summed E-state index contributed by atoms with van der Waals surface area (Å²) in [5.74, 6) is 0. The number of hydrogen-bond acceptors (Lipinski definition) is 7. The predicted octanol–water partition coefficient (Wildman–Crippen LogP) is 3.99. The van der Waals surface area contributed by atoms with Crippen molar-refractivity contribution in [3.63, 3.8) is 0 Å². The quantitative estimate of drug-likeness (QED) is 0.233. The minimum atomic E-state index is 0.300. The van der Waals surface area contributed by atoms with Crippen molar-refractivity contribution in [2.24, 2.45) is 0 Å². The maximum atomic E-state index is 8.34. The van der Waals surface area contributed by atoms with Gasteiger partial charge < -0.3 is 10.2 Å². The third-order valence-electron chi connectivity index (χ3n) is 2.20. The van der Waals surface area contributed by atoms with E-state index < -0.39 is 0 Å². The summed E-state index contributed by atoms with van der Waals surface area (Å²) >= 11 is 0.300. The average molecular weight is 436 g/mol. The molecule has 0 atom stereocenters. The Balaban J connectivity index is -0.0000000647. The third-order valence-corrected chi connectivity index (χ3v) is 2.20. The van der Waals surface area contributed by atoms with E-state index in [0.29, 0.717) is 51.2 Å². The molecule has 0 radical (unpaired) electrons. The Bertz CT molecular complexity index is 118. The molecule has 8 heteroatoms. The molecule has 0 heterocycles. The molecule has 0 aromatic heterocycles. The van der Waals surface area contributed by atoms with E-state index in [0.717, 1.165) is 51.4 Å². The number of unbranched alkanes of at least 4 members (excludes halogenated alkanes) is 4.